The first-order chi connectivity index (χ1) is 10.0. The number of carboxylic acid groups (broad SMARTS) is 1. The summed E-state index contributed by atoms with van der Waals surface area (Å²) in [6, 6.07) is 6.45. The molecule has 1 unspecified atom stereocenters. The highest BCUT2D eigenvalue weighted by atomic mass is 32.2. The highest BCUT2D eigenvalue weighted by Gasteiger charge is 2.12. The number of aliphatic carboxylic acids is 1. The van der Waals surface area contributed by atoms with Gasteiger partial charge in [0.25, 0.3) is 0 Å². The third kappa shape index (κ3) is 7.13. The SMILES string of the molecule is CCC(CNC(=O)CCSc1ccccc1F)CC(=O)O. The van der Waals surface area contributed by atoms with Gasteiger partial charge in [0.1, 0.15) is 5.82 Å². The Labute approximate surface area is 128 Å². The number of amides is 1. The van der Waals surface area contributed by atoms with Crippen LogP contribution in [0.1, 0.15) is 26.2 Å². The number of nitrogens with one attached hydrogen (secondary N) is 1. The molecule has 1 aromatic carbocycles. The lowest BCUT2D eigenvalue weighted by atomic mass is 10.0. The van der Waals surface area contributed by atoms with Crippen molar-refractivity contribution >= 4 is 23.6 Å². The predicted octanol–water partition coefficient (Wildman–Crippen LogP) is 2.93. The highest BCUT2D eigenvalue weighted by molar-refractivity contribution is 7.99. The number of carbonyl (C=O) groups is 2. The predicted molar refractivity (Wildman–Crippen MR) is 80.8 cm³/mol. The van der Waals surface area contributed by atoms with E-state index in [1.807, 2.05) is 6.92 Å². The fraction of sp³-hybridized carbons (Fsp3) is 0.467. The number of carboxylic acids is 1. The first-order valence-electron chi connectivity index (χ1n) is 6.88. The summed E-state index contributed by atoms with van der Waals surface area (Å²) in [7, 11) is 0. The van der Waals surface area contributed by atoms with Crippen LogP contribution < -0.4 is 5.32 Å². The molecule has 0 radical (unpaired) electrons. The van der Waals surface area contributed by atoms with E-state index in [0.717, 1.165) is 0 Å². The molecule has 0 aliphatic heterocycles. The highest BCUT2D eigenvalue weighted by Crippen LogP contribution is 2.21. The molecule has 1 amide bonds. The Balaban J connectivity index is 2.25. The standard InChI is InChI=1S/C15H20FNO3S/c1-2-11(9-15(19)20)10-17-14(18)7-8-21-13-6-4-3-5-12(13)16/h3-6,11H,2,7-10H2,1H3,(H,17,18)(H,19,20). The van der Waals surface area contributed by atoms with Crippen LogP contribution in [-0.2, 0) is 9.59 Å². The van der Waals surface area contributed by atoms with E-state index in [1.165, 1.54) is 17.8 Å². The van der Waals surface area contributed by atoms with Crippen LogP contribution in [0.5, 0.6) is 0 Å². The minimum absolute atomic E-state index is 0.0503. The van der Waals surface area contributed by atoms with Gasteiger partial charge < -0.3 is 10.4 Å². The number of rotatable bonds is 9. The van der Waals surface area contributed by atoms with Crippen LogP contribution in [0, 0.1) is 11.7 Å². The zero-order valence-electron chi connectivity index (χ0n) is 12.0. The molecule has 0 aliphatic carbocycles. The summed E-state index contributed by atoms with van der Waals surface area (Å²) in [5, 5.41) is 11.5. The van der Waals surface area contributed by atoms with E-state index in [9.17, 15) is 14.0 Å². The molecule has 0 fully saturated rings. The topological polar surface area (TPSA) is 66.4 Å². The Bertz CT molecular complexity index is 482. The van der Waals surface area contributed by atoms with Gasteiger partial charge in [-0.3, -0.25) is 9.59 Å². The molecule has 0 saturated heterocycles. The molecule has 116 valence electrons. The fourth-order valence-electron chi connectivity index (χ4n) is 1.77. The molecule has 0 aromatic heterocycles. The summed E-state index contributed by atoms with van der Waals surface area (Å²) >= 11 is 1.30. The molecule has 1 atom stereocenters. The van der Waals surface area contributed by atoms with Crippen molar-refractivity contribution in [2.45, 2.75) is 31.1 Å². The van der Waals surface area contributed by atoms with Crippen LogP contribution in [0.15, 0.2) is 29.2 Å². The lowest BCUT2D eigenvalue weighted by Gasteiger charge is -2.13. The van der Waals surface area contributed by atoms with Crippen LogP contribution in [0.4, 0.5) is 4.39 Å². The zero-order chi connectivity index (χ0) is 15.7. The second kappa shape index (κ2) is 9.39. The summed E-state index contributed by atoms with van der Waals surface area (Å²) in [5.74, 6) is -0.836. The molecule has 1 rings (SSSR count). The molecule has 0 heterocycles. The summed E-state index contributed by atoms with van der Waals surface area (Å²) < 4.78 is 13.4. The second-order valence-corrected chi connectivity index (χ2v) is 5.84. The van der Waals surface area contributed by atoms with Crippen LogP contribution in [-0.4, -0.2) is 29.3 Å². The van der Waals surface area contributed by atoms with Crippen molar-refractivity contribution in [2.75, 3.05) is 12.3 Å². The Morgan fingerprint density at radius 1 is 1.38 bits per heavy atom. The van der Waals surface area contributed by atoms with Gasteiger partial charge in [0.15, 0.2) is 0 Å². The maximum absolute atomic E-state index is 13.4. The molecule has 0 aliphatic rings. The lowest BCUT2D eigenvalue weighted by molar-refractivity contribution is -0.138. The number of hydrogen-bond acceptors (Lipinski definition) is 3. The molecule has 2 N–H and O–H groups in total. The zero-order valence-corrected chi connectivity index (χ0v) is 12.8. The van der Waals surface area contributed by atoms with Crippen molar-refractivity contribution < 1.29 is 19.1 Å². The quantitative estimate of drug-likeness (QED) is 0.688. The summed E-state index contributed by atoms with van der Waals surface area (Å²) in [4.78, 5) is 22.8. The molecular weight excluding hydrogens is 293 g/mol. The van der Waals surface area contributed by atoms with Crippen molar-refractivity contribution in [3.05, 3.63) is 30.1 Å². The number of hydrogen-bond donors (Lipinski definition) is 2. The van der Waals surface area contributed by atoms with Gasteiger partial charge >= 0.3 is 5.97 Å². The molecule has 0 spiro atoms. The second-order valence-electron chi connectivity index (χ2n) is 4.71. The number of halogens is 1. The Kier molecular flexibility index (Phi) is 7.82. The van der Waals surface area contributed by atoms with Gasteiger partial charge in [-0.05, 0) is 18.1 Å². The lowest BCUT2D eigenvalue weighted by Crippen LogP contribution is -2.30. The monoisotopic (exact) mass is 313 g/mol. The Hall–Kier alpha value is -1.56. The van der Waals surface area contributed by atoms with Gasteiger partial charge in [-0.2, -0.15) is 0 Å². The smallest absolute Gasteiger partial charge is 0.303 e. The van der Waals surface area contributed by atoms with Gasteiger partial charge in [0.05, 0.1) is 0 Å². The largest absolute Gasteiger partial charge is 0.481 e. The third-order valence-corrected chi connectivity index (χ3v) is 4.10. The van der Waals surface area contributed by atoms with E-state index in [4.69, 9.17) is 5.11 Å². The number of thioether (sulfide) groups is 1. The number of carbonyl (C=O) groups excluding carboxylic acids is 1. The van der Waals surface area contributed by atoms with Gasteiger partial charge in [0.2, 0.25) is 5.91 Å². The van der Waals surface area contributed by atoms with E-state index in [2.05, 4.69) is 5.32 Å². The normalized spacial score (nSPS) is 11.9. The van der Waals surface area contributed by atoms with Crippen molar-refractivity contribution in [2.24, 2.45) is 5.92 Å². The van der Waals surface area contributed by atoms with Crippen molar-refractivity contribution in [3.8, 4) is 0 Å². The fourth-order valence-corrected chi connectivity index (χ4v) is 2.66. The molecular formula is C15H20FNO3S. The van der Waals surface area contributed by atoms with E-state index < -0.39 is 5.97 Å². The van der Waals surface area contributed by atoms with E-state index in [-0.39, 0.29) is 30.5 Å². The first kappa shape index (κ1) is 17.5. The molecule has 6 heteroatoms. The van der Waals surface area contributed by atoms with Gasteiger partial charge in [-0.15, -0.1) is 11.8 Å². The minimum atomic E-state index is -0.855. The first-order valence-corrected chi connectivity index (χ1v) is 7.87. The van der Waals surface area contributed by atoms with Crippen molar-refractivity contribution in [3.63, 3.8) is 0 Å². The van der Waals surface area contributed by atoms with E-state index >= 15 is 0 Å². The van der Waals surface area contributed by atoms with Crippen LogP contribution >= 0.6 is 11.8 Å². The maximum atomic E-state index is 13.4. The van der Waals surface area contributed by atoms with Gasteiger partial charge in [0, 0.05) is 30.0 Å². The molecule has 0 bridgehead atoms. The van der Waals surface area contributed by atoms with Crippen LogP contribution in [0.25, 0.3) is 0 Å². The maximum Gasteiger partial charge on any atom is 0.303 e. The summed E-state index contributed by atoms with van der Waals surface area (Å²) in [6.07, 6.45) is 1.04. The average Bonchev–Trinajstić information content (AvgIpc) is 2.45. The van der Waals surface area contributed by atoms with Gasteiger partial charge in [-0.1, -0.05) is 25.5 Å². The molecule has 0 saturated carbocycles. The Morgan fingerprint density at radius 2 is 2.10 bits per heavy atom. The number of benzene rings is 1. The Morgan fingerprint density at radius 3 is 2.71 bits per heavy atom. The summed E-state index contributed by atoms with van der Waals surface area (Å²) in [5.41, 5.74) is 0. The molecule has 4 nitrogen and oxygen atoms in total. The third-order valence-electron chi connectivity index (χ3n) is 3.05. The van der Waals surface area contributed by atoms with Gasteiger partial charge in [-0.25, -0.2) is 4.39 Å². The van der Waals surface area contributed by atoms with Crippen LogP contribution in [0.3, 0.4) is 0 Å². The summed E-state index contributed by atoms with van der Waals surface area (Å²) in [6.45, 7) is 2.26. The van der Waals surface area contributed by atoms with E-state index in [1.54, 1.807) is 18.2 Å². The molecule has 21 heavy (non-hydrogen) atoms. The van der Waals surface area contributed by atoms with E-state index in [0.29, 0.717) is 23.6 Å². The average molecular weight is 313 g/mol. The van der Waals surface area contributed by atoms with Crippen LogP contribution in [0.2, 0.25) is 0 Å². The molecule has 1 aromatic rings. The van der Waals surface area contributed by atoms with Crippen molar-refractivity contribution in [1.82, 2.24) is 5.32 Å². The van der Waals surface area contributed by atoms with Crippen molar-refractivity contribution in [1.29, 1.82) is 0 Å². The minimum Gasteiger partial charge on any atom is -0.481 e.